The first-order chi connectivity index (χ1) is 16.2. The van der Waals surface area contributed by atoms with Gasteiger partial charge in [-0.1, -0.05) is 12.5 Å². The molecule has 0 radical (unpaired) electrons. The van der Waals surface area contributed by atoms with Crippen LogP contribution in [0.1, 0.15) is 45.4 Å². The molecule has 0 aromatic heterocycles. The molecule has 3 aliphatic rings. The zero-order valence-corrected chi connectivity index (χ0v) is 20.5. The summed E-state index contributed by atoms with van der Waals surface area (Å²) in [5.41, 5.74) is 0.255. The third-order valence-electron chi connectivity index (χ3n) is 6.12. The van der Waals surface area contributed by atoms with E-state index < -0.39 is 39.4 Å². The summed E-state index contributed by atoms with van der Waals surface area (Å²) in [6, 6.07) is 5.12. The first kappa shape index (κ1) is 24.5. The first-order valence-corrected chi connectivity index (χ1v) is 13.7. The summed E-state index contributed by atoms with van der Waals surface area (Å²) in [6.45, 7) is 1.99. The highest BCUT2D eigenvalue weighted by Gasteiger charge is 2.53. The Morgan fingerprint density at radius 2 is 2.09 bits per heavy atom. The normalized spacial score (nSPS) is 24.7. The maximum atomic E-state index is 12.7. The molecule has 3 heterocycles. The number of carbonyl (C=O) groups excluding carboxylic acids is 3. The van der Waals surface area contributed by atoms with Crippen LogP contribution in [0.25, 0.3) is 0 Å². The zero-order chi connectivity index (χ0) is 24.3. The van der Waals surface area contributed by atoms with Crippen molar-refractivity contribution in [1.82, 2.24) is 9.62 Å². The molecule has 10 nitrogen and oxygen atoms in total. The topological polar surface area (TPSA) is 134 Å². The fraction of sp³-hybridized carbons (Fsp3) is 0.545. The second-order valence-corrected chi connectivity index (χ2v) is 11.9. The molecule has 2 N–H and O–H groups in total. The fourth-order valence-corrected chi connectivity index (χ4v) is 6.89. The number of ether oxygens (including phenoxy) is 1. The van der Waals surface area contributed by atoms with E-state index in [9.17, 15) is 22.8 Å². The average molecular weight is 509 g/mol. The van der Waals surface area contributed by atoms with Crippen LogP contribution in [-0.2, 0) is 29.1 Å². The Labute approximate surface area is 202 Å². The Balaban J connectivity index is 1.33. The van der Waals surface area contributed by atoms with Gasteiger partial charge in [-0.3, -0.25) is 19.3 Å². The number of fused-ring (bicyclic) bond motifs is 1. The van der Waals surface area contributed by atoms with E-state index in [1.54, 1.807) is 22.7 Å². The molecular weight excluding hydrogens is 480 g/mol. The molecule has 0 aliphatic carbocycles. The number of aliphatic imine (C=N–C) groups is 1. The summed E-state index contributed by atoms with van der Waals surface area (Å²) >= 11 is 1.54. The number of thioether (sulfide) groups is 1. The lowest BCUT2D eigenvalue weighted by Gasteiger charge is -2.29. The Morgan fingerprint density at radius 1 is 1.26 bits per heavy atom. The van der Waals surface area contributed by atoms with Crippen molar-refractivity contribution in [3.63, 3.8) is 0 Å². The molecule has 12 heteroatoms. The lowest BCUT2D eigenvalue weighted by Crippen LogP contribution is -2.47. The predicted octanol–water partition coefficient (Wildman–Crippen LogP) is 1.87. The van der Waals surface area contributed by atoms with Crippen LogP contribution in [0.3, 0.4) is 0 Å². The SMILES string of the molecule is C[C@]12CCC(=O)N1[C@@H](C(=O)OCC(=O)Nc1cccc(S(=O)(=O)NC3=NCCCCC3)c1)CS2. The van der Waals surface area contributed by atoms with Crippen LogP contribution in [0.15, 0.2) is 34.2 Å². The molecule has 2 fully saturated rings. The summed E-state index contributed by atoms with van der Waals surface area (Å²) in [4.78, 5) is 42.5. The van der Waals surface area contributed by atoms with Gasteiger partial charge in [-0.05, 0) is 44.4 Å². The molecule has 0 unspecified atom stereocenters. The predicted molar refractivity (Wildman–Crippen MR) is 128 cm³/mol. The average Bonchev–Trinajstić information content (AvgIpc) is 3.15. The Hall–Kier alpha value is -2.60. The second-order valence-electron chi connectivity index (χ2n) is 8.69. The minimum atomic E-state index is -3.85. The summed E-state index contributed by atoms with van der Waals surface area (Å²) in [5.74, 6) is -0.436. The second kappa shape index (κ2) is 9.95. The molecule has 34 heavy (non-hydrogen) atoms. The molecule has 2 amide bonds. The van der Waals surface area contributed by atoms with Crippen molar-refractivity contribution in [3.05, 3.63) is 24.3 Å². The number of amidine groups is 1. The molecular formula is C22H28N4O6S2. The number of anilines is 1. The van der Waals surface area contributed by atoms with E-state index >= 15 is 0 Å². The van der Waals surface area contributed by atoms with Gasteiger partial charge in [0.2, 0.25) is 5.91 Å². The minimum absolute atomic E-state index is 0.0101. The van der Waals surface area contributed by atoms with Gasteiger partial charge < -0.3 is 15.0 Å². The van der Waals surface area contributed by atoms with Crippen LogP contribution >= 0.6 is 11.8 Å². The molecule has 2 atom stereocenters. The number of amides is 2. The number of nitrogens with one attached hydrogen (secondary N) is 2. The molecule has 1 aromatic carbocycles. The Morgan fingerprint density at radius 3 is 2.91 bits per heavy atom. The van der Waals surface area contributed by atoms with E-state index in [2.05, 4.69) is 15.0 Å². The van der Waals surface area contributed by atoms with E-state index in [0.29, 0.717) is 37.4 Å². The lowest BCUT2D eigenvalue weighted by atomic mass is 10.2. The van der Waals surface area contributed by atoms with Gasteiger partial charge in [0.05, 0.1) is 9.77 Å². The number of sulfonamides is 1. The smallest absolute Gasteiger partial charge is 0.330 e. The van der Waals surface area contributed by atoms with E-state index in [4.69, 9.17) is 4.74 Å². The van der Waals surface area contributed by atoms with Crippen molar-refractivity contribution in [2.45, 2.75) is 61.3 Å². The molecule has 0 spiro atoms. The molecule has 2 saturated heterocycles. The lowest BCUT2D eigenvalue weighted by molar-refractivity contribution is -0.155. The highest BCUT2D eigenvalue weighted by atomic mass is 32.2. The number of carbonyl (C=O) groups is 3. The van der Waals surface area contributed by atoms with Crippen LogP contribution in [0, 0.1) is 0 Å². The molecule has 4 rings (SSSR count). The minimum Gasteiger partial charge on any atom is -0.454 e. The van der Waals surface area contributed by atoms with E-state index in [1.165, 1.54) is 18.2 Å². The van der Waals surface area contributed by atoms with Crippen LogP contribution in [0.5, 0.6) is 0 Å². The van der Waals surface area contributed by atoms with Crippen LogP contribution in [-0.4, -0.2) is 66.8 Å². The highest BCUT2D eigenvalue weighted by Crippen LogP contribution is 2.47. The standard InChI is InChI=1S/C22H28N4O6S2/c1-22-10-9-20(28)26(22)17(14-33-22)21(29)32-13-19(27)24-15-6-5-7-16(12-15)34(30,31)25-18-8-3-2-4-11-23-18/h5-7,12,17H,2-4,8-11,13-14H2,1H3,(H,23,25)(H,24,27)/t17-,22+/m1/s1. The van der Waals surface area contributed by atoms with Gasteiger partial charge in [0.15, 0.2) is 6.61 Å². The molecule has 1 aromatic rings. The van der Waals surface area contributed by atoms with Gasteiger partial charge in [-0.15, -0.1) is 11.8 Å². The molecule has 0 saturated carbocycles. The zero-order valence-electron chi connectivity index (χ0n) is 18.9. The first-order valence-electron chi connectivity index (χ1n) is 11.3. The van der Waals surface area contributed by atoms with Crippen molar-refractivity contribution in [1.29, 1.82) is 0 Å². The van der Waals surface area contributed by atoms with Crippen LogP contribution < -0.4 is 10.0 Å². The summed E-state index contributed by atoms with van der Waals surface area (Å²) in [5, 5.41) is 2.55. The van der Waals surface area contributed by atoms with Gasteiger partial charge in [-0.2, -0.15) is 0 Å². The van der Waals surface area contributed by atoms with Crippen molar-refractivity contribution in [2.24, 2.45) is 4.99 Å². The fourth-order valence-electron chi connectivity index (χ4n) is 4.34. The largest absolute Gasteiger partial charge is 0.454 e. The van der Waals surface area contributed by atoms with Crippen LogP contribution in [0.4, 0.5) is 5.69 Å². The third-order valence-corrected chi connectivity index (χ3v) is 9.00. The van der Waals surface area contributed by atoms with E-state index in [0.717, 1.165) is 19.3 Å². The Bertz CT molecular complexity index is 1120. The van der Waals surface area contributed by atoms with Crippen molar-refractivity contribution in [2.75, 3.05) is 24.2 Å². The monoisotopic (exact) mass is 508 g/mol. The van der Waals surface area contributed by atoms with Gasteiger partial charge in [0.1, 0.15) is 11.9 Å². The number of nitrogens with zero attached hydrogens (tertiary/aromatic N) is 2. The third kappa shape index (κ3) is 5.38. The highest BCUT2D eigenvalue weighted by molar-refractivity contribution is 8.01. The number of hydrogen-bond donors (Lipinski definition) is 2. The number of esters is 1. The Kier molecular flexibility index (Phi) is 7.17. The summed E-state index contributed by atoms with van der Waals surface area (Å²) < 4.78 is 33.2. The number of hydrogen-bond acceptors (Lipinski definition) is 8. The van der Waals surface area contributed by atoms with Gasteiger partial charge in [0.25, 0.3) is 15.9 Å². The molecule has 0 bridgehead atoms. The van der Waals surface area contributed by atoms with Crippen molar-refractivity contribution >= 4 is 51.1 Å². The maximum absolute atomic E-state index is 12.7. The summed E-state index contributed by atoms with van der Waals surface area (Å²) in [7, 11) is -3.85. The van der Waals surface area contributed by atoms with Gasteiger partial charge in [-0.25, -0.2) is 13.2 Å². The van der Waals surface area contributed by atoms with E-state index in [-0.39, 0.29) is 16.5 Å². The number of rotatable bonds is 6. The number of benzene rings is 1. The van der Waals surface area contributed by atoms with Crippen molar-refractivity contribution in [3.8, 4) is 0 Å². The van der Waals surface area contributed by atoms with Gasteiger partial charge >= 0.3 is 5.97 Å². The van der Waals surface area contributed by atoms with Crippen molar-refractivity contribution < 1.29 is 27.5 Å². The molecule has 3 aliphatic heterocycles. The quantitative estimate of drug-likeness (QED) is 0.560. The van der Waals surface area contributed by atoms with Crippen LogP contribution in [0.2, 0.25) is 0 Å². The van der Waals surface area contributed by atoms with Gasteiger partial charge in [0, 0.05) is 30.8 Å². The summed E-state index contributed by atoms with van der Waals surface area (Å²) in [6.07, 6.45) is 4.47. The molecule has 184 valence electrons. The maximum Gasteiger partial charge on any atom is 0.330 e. The van der Waals surface area contributed by atoms with E-state index in [1.807, 2.05) is 6.92 Å².